The van der Waals surface area contributed by atoms with Crippen molar-refractivity contribution in [3.05, 3.63) is 28.3 Å². The first kappa shape index (κ1) is 12.0. The van der Waals surface area contributed by atoms with Crippen LogP contribution in [0, 0.1) is 10.1 Å². The summed E-state index contributed by atoms with van der Waals surface area (Å²) in [5.41, 5.74) is 0.405. The molecule has 92 valence electrons. The van der Waals surface area contributed by atoms with E-state index in [1.165, 1.54) is 12.1 Å². The summed E-state index contributed by atoms with van der Waals surface area (Å²) in [5, 5.41) is 23.9. The van der Waals surface area contributed by atoms with Crippen LogP contribution in [0.15, 0.2) is 18.2 Å². The van der Waals surface area contributed by atoms with Crippen molar-refractivity contribution in [2.45, 2.75) is 24.6 Å². The van der Waals surface area contributed by atoms with Crippen molar-refractivity contribution in [3.63, 3.8) is 0 Å². The quantitative estimate of drug-likeness (QED) is 0.492. The molecule has 2 rings (SSSR count). The van der Waals surface area contributed by atoms with Crippen LogP contribution in [-0.2, 0) is 0 Å². The van der Waals surface area contributed by atoms with Gasteiger partial charge in [-0.05, 0) is 18.6 Å². The summed E-state index contributed by atoms with van der Waals surface area (Å²) in [6.45, 7) is 2.15. The molecule has 2 atom stereocenters. The van der Waals surface area contributed by atoms with E-state index in [1.807, 2.05) is 11.8 Å². The Bertz CT molecular complexity index is 439. The van der Waals surface area contributed by atoms with Crippen LogP contribution in [-0.4, -0.2) is 27.1 Å². The largest absolute Gasteiger partial charge is 0.508 e. The van der Waals surface area contributed by atoms with E-state index >= 15 is 0 Å². The van der Waals surface area contributed by atoms with Gasteiger partial charge in [0.05, 0.1) is 11.0 Å². The molecule has 2 unspecified atom stereocenters. The van der Waals surface area contributed by atoms with Gasteiger partial charge in [0, 0.05) is 17.0 Å². The molecule has 1 fully saturated rings. The third-order valence-corrected chi connectivity index (χ3v) is 4.09. The van der Waals surface area contributed by atoms with Gasteiger partial charge in [-0.1, -0.05) is 6.92 Å². The highest BCUT2D eigenvalue weighted by molar-refractivity contribution is 8.00. The number of nitrogens with zero attached hydrogens (tertiary/aromatic N) is 1. The van der Waals surface area contributed by atoms with Gasteiger partial charge in [-0.15, -0.1) is 0 Å². The molecule has 0 spiro atoms. The molecule has 1 saturated heterocycles. The van der Waals surface area contributed by atoms with E-state index in [4.69, 9.17) is 0 Å². The molecule has 0 amide bonds. The minimum absolute atomic E-state index is 0.0745. The number of thioether (sulfide) groups is 1. The second kappa shape index (κ2) is 4.83. The Hall–Kier alpha value is -1.43. The maximum Gasteiger partial charge on any atom is 0.296 e. The van der Waals surface area contributed by atoms with E-state index in [0.717, 1.165) is 12.2 Å². The monoisotopic (exact) mass is 254 g/mol. The van der Waals surface area contributed by atoms with Crippen molar-refractivity contribution in [1.29, 1.82) is 0 Å². The molecule has 2 N–H and O–H groups in total. The Labute approximate surface area is 103 Å². The molecule has 17 heavy (non-hydrogen) atoms. The fourth-order valence-corrected chi connectivity index (χ4v) is 3.08. The van der Waals surface area contributed by atoms with Crippen LogP contribution in [0.2, 0.25) is 0 Å². The lowest BCUT2D eigenvalue weighted by Gasteiger charge is -2.13. The lowest BCUT2D eigenvalue weighted by Crippen LogP contribution is -2.19. The number of benzene rings is 1. The van der Waals surface area contributed by atoms with Gasteiger partial charge in [-0.25, -0.2) is 0 Å². The van der Waals surface area contributed by atoms with Crippen molar-refractivity contribution >= 4 is 23.1 Å². The van der Waals surface area contributed by atoms with Crippen molar-refractivity contribution < 1.29 is 10.0 Å². The normalized spacial score (nSPS) is 23.6. The first-order valence-corrected chi connectivity index (χ1v) is 6.46. The minimum atomic E-state index is -0.479. The molecule has 1 aliphatic rings. The topological polar surface area (TPSA) is 75.4 Å². The molecule has 0 saturated carbocycles. The summed E-state index contributed by atoms with van der Waals surface area (Å²) in [7, 11) is 0. The number of aromatic hydroxyl groups is 1. The number of phenols is 1. The average molecular weight is 254 g/mol. The maximum absolute atomic E-state index is 10.9. The van der Waals surface area contributed by atoms with Gasteiger partial charge in [0.15, 0.2) is 0 Å². The van der Waals surface area contributed by atoms with Gasteiger partial charge in [0.25, 0.3) is 5.69 Å². The van der Waals surface area contributed by atoms with Gasteiger partial charge < -0.3 is 10.4 Å². The Morgan fingerprint density at radius 1 is 1.59 bits per heavy atom. The Morgan fingerprint density at radius 3 is 2.94 bits per heavy atom. The Morgan fingerprint density at radius 2 is 2.35 bits per heavy atom. The smallest absolute Gasteiger partial charge is 0.296 e. The fraction of sp³-hybridized carbons (Fsp3) is 0.455. The Balaban J connectivity index is 2.17. The summed E-state index contributed by atoms with van der Waals surface area (Å²) in [5.74, 6) is 0.871. The van der Waals surface area contributed by atoms with E-state index < -0.39 is 4.92 Å². The number of nitro benzene ring substituents is 1. The number of nitro groups is 1. The highest BCUT2D eigenvalue weighted by atomic mass is 32.2. The number of phenolic OH excluding ortho intramolecular Hbond substituents is 1. The van der Waals surface area contributed by atoms with Gasteiger partial charge in [-0.3, -0.25) is 10.1 Å². The number of nitrogens with one attached hydrogen (secondary N) is 1. The van der Waals surface area contributed by atoms with Crippen molar-refractivity contribution in [2.24, 2.45) is 0 Å². The van der Waals surface area contributed by atoms with Crippen LogP contribution in [0.5, 0.6) is 5.75 Å². The lowest BCUT2D eigenvalue weighted by atomic mass is 10.1. The van der Waals surface area contributed by atoms with Crippen LogP contribution in [0.1, 0.15) is 13.3 Å². The Kier molecular flexibility index (Phi) is 3.42. The number of rotatable bonds is 3. The molecule has 5 nitrogen and oxygen atoms in total. The van der Waals surface area contributed by atoms with E-state index in [-0.39, 0.29) is 17.5 Å². The summed E-state index contributed by atoms with van der Waals surface area (Å²) in [6.07, 6.45) is 1.00. The standard InChI is InChI=1S/C11H14N2O3S/c1-7-4-8(6-17-7)12-10-3-2-9(14)5-11(10)13(15)16/h2-3,5,7-8,12,14H,4,6H2,1H3. The van der Waals surface area contributed by atoms with E-state index in [2.05, 4.69) is 12.2 Å². The van der Waals surface area contributed by atoms with E-state index in [0.29, 0.717) is 10.9 Å². The zero-order valence-electron chi connectivity index (χ0n) is 9.42. The zero-order chi connectivity index (χ0) is 12.4. The number of anilines is 1. The van der Waals surface area contributed by atoms with Gasteiger partial charge in [-0.2, -0.15) is 11.8 Å². The molecule has 0 radical (unpaired) electrons. The highest BCUT2D eigenvalue weighted by Crippen LogP contribution is 2.33. The van der Waals surface area contributed by atoms with E-state index in [1.54, 1.807) is 6.07 Å². The van der Waals surface area contributed by atoms with Gasteiger partial charge in [0.2, 0.25) is 0 Å². The van der Waals surface area contributed by atoms with Crippen LogP contribution in [0.25, 0.3) is 0 Å². The second-order valence-electron chi connectivity index (χ2n) is 4.18. The molecular weight excluding hydrogens is 240 g/mol. The molecule has 0 aromatic heterocycles. The van der Waals surface area contributed by atoms with Crippen molar-refractivity contribution in [2.75, 3.05) is 11.1 Å². The second-order valence-corrected chi connectivity index (χ2v) is 5.65. The van der Waals surface area contributed by atoms with E-state index in [9.17, 15) is 15.2 Å². The number of hydrogen-bond acceptors (Lipinski definition) is 5. The predicted octanol–water partition coefficient (Wildman–Crippen LogP) is 2.61. The highest BCUT2D eigenvalue weighted by Gasteiger charge is 2.24. The predicted molar refractivity (Wildman–Crippen MR) is 68.7 cm³/mol. The minimum Gasteiger partial charge on any atom is -0.508 e. The molecule has 1 aliphatic heterocycles. The summed E-state index contributed by atoms with van der Waals surface area (Å²) in [6, 6.07) is 4.45. The van der Waals surface area contributed by atoms with Crippen LogP contribution in [0.4, 0.5) is 11.4 Å². The first-order chi connectivity index (χ1) is 8.06. The van der Waals surface area contributed by atoms with Crippen LogP contribution in [0.3, 0.4) is 0 Å². The molecule has 0 bridgehead atoms. The molecular formula is C11H14N2O3S. The summed E-state index contributed by atoms with van der Waals surface area (Å²) in [4.78, 5) is 10.4. The molecule has 1 aromatic rings. The van der Waals surface area contributed by atoms with Crippen molar-refractivity contribution in [3.8, 4) is 5.75 Å². The molecule has 1 aromatic carbocycles. The number of hydrogen-bond donors (Lipinski definition) is 2. The van der Waals surface area contributed by atoms with Crippen LogP contribution >= 0.6 is 11.8 Å². The van der Waals surface area contributed by atoms with Gasteiger partial charge >= 0.3 is 0 Å². The van der Waals surface area contributed by atoms with Crippen LogP contribution < -0.4 is 5.32 Å². The third-order valence-electron chi connectivity index (χ3n) is 2.74. The van der Waals surface area contributed by atoms with Crippen molar-refractivity contribution in [1.82, 2.24) is 0 Å². The lowest BCUT2D eigenvalue weighted by molar-refractivity contribution is -0.384. The average Bonchev–Trinajstić information content (AvgIpc) is 2.66. The van der Waals surface area contributed by atoms with Gasteiger partial charge in [0.1, 0.15) is 11.4 Å². The zero-order valence-corrected chi connectivity index (χ0v) is 10.2. The molecule has 6 heteroatoms. The SMILES string of the molecule is CC1CC(Nc2ccc(O)cc2[N+](=O)[O-])CS1. The summed E-state index contributed by atoms with van der Waals surface area (Å²) >= 11 is 1.86. The maximum atomic E-state index is 10.9. The summed E-state index contributed by atoms with van der Waals surface area (Å²) < 4.78 is 0. The fourth-order valence-electron chi connectivity index (χ4n) is 1.93. The molecule has 1 heterocycles. The molecule has 0 aliphatic carbocycles. The third kappa shape index (κ3) is 2.82. The first-order valence-electron chi connectivity index (χ1n) is 5.42.